The number of nitrogens with zero attached hydrogens (tertiary/aromatic N) is 3. The zero-order chi connectivity index (χ0) is 13.1. The van der Waals surface area contributed by atoms with Crippen LogP contribution in [0.4, 0.5) is 0 Å². The summed E-state index contributed by atoms with van der Waals surface area (Å²) < 4.78 is 6.46. The van der Waals surface area contributed by atoms with Gasteiger partial charge in [0.1, 0.15) is 18.0 Å². The molecule has 0 aliphatic carbocycles. The van der Waals surface area contributed by atoms with E-state index in [1.807, 2.05) is 25.1 Å². The summed E-state index contributed by atoms with van der Waals surface area (Å²) in [4.78, 5) is 10.5. The molecule has 0 amide bonds. The predicted octanol–water partition coefficient (Wildman–Crippen LogP) is 1.35. The van der Waals surface area contributed by atoms with Gasteiger partial charge in [-0.05, 0) is 30.7 Å². The predicted molar refractivity (Wildman–Crippen MR) is 64.4 cm³/mol. The molecule has 0 saturated heterocycles. The third-order valence-electron chi connectivity index (χ3n) is 2.53. The highest BCUT2D eigenvalue weighted by atomic mass is 16.5. The van der Waals surface area contributed by atoms with Crippen molar-refractivity contribution in [3.63, 3.8) is 0 Å². The average Bonchev–Trinajstić information content (AvgIpc) is 2.76. The second-order valence-corrected chi connectivity index (χ2v) is 3.88. The van der Waals surface area contributed by atoms with Crippen molar-refractivity contribution >= 4 is 5.97 Å². The van der Waals surface area contributed by atoms with Gasteiger partial charge in [0.05, 0.1) is 13.3 Å². The van der Waals surface area contributed by atoms with Crippen LogP contribution in [0.25, 0.3) is 11.3 Å². The normalized spacial score (nSPS) is 10.3. The first kappa shape index (κ1) is 12.1. The average molecular weight is 247 g/mol. The van der Waals surface area contributed by atoms with Gasteiger partial charge in [0.25, 0.3) is 0 Å². The lowest BCUT2D eigenvalue weighted by molar-refractivity contribution is -0.137. The standard InChI is InChI=1S/C12H13N3O3/c1-8-5-9(3-4-11(8)18-2)10-6-15(14-13-10)7-12(16)17/h3-6H,7H2,1-2H3,(H,16,17). The van der Waals surface area contributed by atoms with E-state index in [1.165, 1.54) is 4.68 Å². The Bertz CT molecular complexity index is 578. The number of benzene rings is 1. The second kappa shape index (κ2) is 4.87. The second-order valence-electron chi connectivity index (χ2n) is 3.88. The van der Waals surface area contributed by atoms with Crippen molar-refractivity contribution in [2.45, 2.75) is 13.5 Å². The summed E-state index contributed by atoms with van der Waals surface area (Å²) in [6.45, 7) is 1.74. The van der Waals surface area contributed by atoms with Crippen molar-refractivity contribution < 1.29 is 14.6 Å². The van der Waals surface area contributed by atoms with E-state index in [-0.39, 0.29) is 6.54 Å². The largest absolute Gasteiger partial charge is 0.496 e. The molecule has 0 bridgehead atoms. The van der Waals surface area contributed by atoms with Crippen molar-refractivity contribution in [1.29, 1.82) is 0 Å². The Balaban J connectivity index is 2.28. The molecular formula is C12H13N3O3. The lowest BCUT2D eigenvalue weighted by atomic mass is 10.1. The summed E-state index contributed by atoms with van der Waals surface area (Å²) in [6, 6.07) is 5.63. The number of aromatic nitrogens is 3. The van der Waals surface area contributed by atoms with E-state index in [0.29, 0.717) is 5.69 Å². The van der Waals surface area contributed by atoms with E-state index in [9.17, 15) is 4.79 Å². The van der Waals surface area contributed by atoms with Crippen LogP contribution >= 0.6 is 0 Å². The summed E-state index contributed by atoms with van der Waals surface area (Å²) in [6.07, 6.45) is 1.61. The zero-order valence-electron chi connectivity index (χ0n) is 10.1. The van der Waals surface area contributed by atoms with Gasteiger partial charge in [-0.3, -0.25) is 4.79 Å². The van der Waals surface area contributed by atoms with Gasteiger partial charge < -0.3 is 9.84 Å². The van der Waals surface area contributed by atoms with Gasteiger partial charge in [-0.1, -0.05) is 5.21 Å². The molecule has 0 saturated carbocycles. The maximum absolute atomic E-state index is 10.5. The third kappa shape index (κ3) is 2.48. The van der Waals surface area contributed by atoms with Crippen LogP contribution in [0.15, 0.2) is 24.4 Å². The zero-order valence-corrected chi connectivity index (χ0v) is 10.1. The van der Waals surface area contributed by atoms with Gasteiger partial charge in [-0.15, -0.1) is 5.10 Å². The van der Waals surface area contributed by atoms with E-state index < -0.39 is 5.97 Å². The highest BCUT2D eigenvalue weighted by Crippen LogP contribution is 2.24. The molecule has 18 heavy (non-hydrogen) atoms. The fourth-order valence-corrected chi connectivity index (χ4v) is 1.68. The molecule has 0 fully saturated rings. The van der Waals surface area contributed by atoms with Crippen LogP contribution < -0.4 is 4.74 Å². The summed E-state index contributed by atoms with van der Waals surface area (Å²) >= 11 is 0. The van der Waals surface area contributed by atoms with Crippen molar-refractivity contribution in [3.8, 4) is 17.0 Å². The Morgan fingerprint density at radius 1 is 1.50 bits per heavy atom. The van der Waals surface area contributed by atoms with Gasteiger partial charge in [-0.25, -0.2) is 4.68 Å². The highest BCUT2D eigenvalue weighted by molar-refractivity contribution is 5.67. The van der Waals surface area contributed by atoms with Crippen molar-refractivity contribution in [1.82, 2.24) is 15.0 Å². The molecule has 1 N–H and O–H groups in total. The minimum absolute atomic E-state index is 0.192. The molecule has 2 rings (SSSR count). The first-order valence-electron chi connectivity index (χ1n) is 5.37. The molecule has 1 heterocycles. The van der Waals surface area contributed by atoms with Crippen molar-refractivity contribution in [3.05, 3.63) is 30.0 Å². The molecule has 94 valence electrons. The molecular weight excluding hydrogens is 234 g/mol. The Hall–Kier alpha value is -2.37. The van der Waals surface area contributed by atoms with Crippen LogP contribution in [0.1, 0.15) is 5.56 Å². The van der Waals surface area contributed by atoms with Gasteiger partial charge in [0, 0.05) is 5.56 Å². The quantitative estimate of drug-likeness (QED) is 0.882. The van der Waals surface area contributed by atoms with Crippen LogP contribution in [-0.4, -0.2) is 33.2 Å². The van der Waals surface area contributed by atoms with Crippen molar-refractivity contribution in [2.24, 2.45) is 0 Å². The minimum Gasteiger partial charge on any atom is -0.496 e. The number of rotatable bonds is 4. The summed E-state index contributed by atoms with van der Waals surface area (Å²) in [5.41, 5.74) is 2.51. The smallest absolute Gasteiger partial charge is 0.325 e. The first-order chi connectivity index (χ1) is 8.60. The van der Waals surface area contributed by atoms with Crippen LogP contribution in [0.2, 0.25) is 0 Å². The molecule has 0 radical (unpaired) electrons. The minimum atomic E-state index is -0.947. The molecule has 0 aliphatic rings. The van der Waals surface area contributed by atoms with Gasteiger partial charge in [-0.2, -0.15) is 0 Å². The lowest BCUT2D eigenvalue weighted by Crippen LogP contribution is -2.08. The van der Waals surface area contributed by atoms with E-state index in [1.54, 1.807) is 13.3 Å². The van der Waals surface area contributed by atoms with Gasteiger partial charge in [0.2, 0.25) is 0 Å². The number of carboxylic acid groups (broad SMARTS) is 1. The fraction of sp³-hybridized carbons (Fsp3) is 0.250. The molecule has 1 aromatic heterocycles. The van der Waals surface area contributed by atoms with E-state index >= 15 is 0 Å². The number of aryl methyl sites for hydroxylation is 1. The number of aliphatic carboxylic acids is 1. The topological polar surface area (TPSA) is 77.2 Å². The number of carbonyl (C=O) groups is 1. The molecule has 0 spiro atoms. The number of ether oxygens (including phenoxy) is 1. The van der Waals surface area contributed by atoms with Crippen LogP contribution in [-0.2, 0) is 11.3 Å². The van der Waals surface area contributed by atoms with Crippen molar-refractivity contribution in [2.75, 3.05) is 7.11 Å². The van der Waals surface area contributed by atoms with Crippen LogP contribution in [0.5, 0.6) is 5.75 Å². The Morgan fingerprint density at radius 3 is 2.89 bits per heavy atom. The monoisotopic (exact) mass is 247 g/mol. The molecule has 0 aliphatic heterocycles. The maximum Gasteiger partial charge on any atom is 0.325 e. The number of methoxy groups -OCH3 is 1. The van der Waals surface area contributed by atoms with E-state index in [4.69, 9.17) is 9.84 Å². The van der Waals surface area contributed by atoms with Crippen LogP contribution in [0.3, 0.4) is 0 Å². The summed E-state index contributed by atoms with van der Waals surface area (Å²) in [5, 5.41) is 16.4. The SMILES string of the molecule is COc1ccc(-c2cn(CC(=O)O)nn2)cc1C. The van der Waals surface area contributed by atoms with Gasteiger partial charge in [0.15, 0.2) is 0 Å². The molecule has 0 atom stereocenters. The maximum atomic E-state index is 10.5. The Labute approximate surface area is 104 Å². The van der Waals surface area contributed by atoms with Crippen LogP contribution in [0, 0.1) is 6.92 Å². The van der Waals surface area contributed by atoms with E-state index in [0.717, 1.165) is 16.9 Å². The molecule has 2 aromatic rings. The molecule has 1 aromatic carbocycles. The number of hydrogen-bond donors (Lipinski definition) is 1. The Morgan fingerprint density at radius 2 is 2.28 bits per heavy atom. The highest BCUT2D eigenvalue weighted by Gasteiger charge is 2.08. The lowest BCUT2D eigenvalue weighted by Gasteiger charge is -2.05. The molecule has 0 unspecified atom stereocenters. The Kier molecular flexibility index (Phi) is 3.27. The van der Waals surface area contributed by atoms with E-state index in [2.05, 4.69) is 10.3 Å². The number of carboxylic acids is 1. The molecule has 6 nitrogen and oxygen atoms in total. The number of hydrogen-bond acceptors (Lipinski definition) is 4. The first-order valence-corrected chi connectivity index (χ1v) is 5.37. The third-order valence-corrected chi connectivity index (χ3v) is 2.53. The summed E-state index contributed by atoms with van der Waals surface area (Å²) in [7, 11) is 1.62. The summed E-state index contributed by atoms with van der Waals surface area (Å²) in [5.74, 6) is -0.144. The molecule has 6 heteroatoms. The fourth-order valence-electron chi connectivity index (χ4n) is 1.68. The van der Waals surface area contributed by atoms with Gasteiger partial charge >= 0.3 is 5.97 Å².